The number of nitro groups is 1. The van der Waals surface area contributed by atoms with E-state index in [-0.39, 0.29) is 5.69 Å². The number of nitro benzene ring substituents is 1. The number of hydrogen-bond donors (Lipinski definition) is 2. The van der Waals surface area contributed by atoms with Crippen molar-refractivity contribution in [3.63, 3.8) is 0 Å². The first-order valence-electron chi connectivity index (χ1n) is 6.99. The SMILES string of the molecule is CC1CCC(C)N(Cc2ccc([N+](=O)[O-])c(NN)c2)C1. The molecule has 0 saturated carbocycles. The van der Waals surface area contributed by atoms with Gasteiger partial charge in [-0.2, -0.15) is 0 Å². The smallest absolute Gasteiger partial charge is 0.293 e. The molecular formula is C14H22N4O2. The molecule has 20 heavy (non-hydrogen) atoms. The van der Waals surface area contributed by atoms with Gasteiger partial charge >= 0.3 is 0 Å². The van der Waals surface area contributed by atoms with Crippen molar-refractivity contribution in [2.45, 2.75) is 39.3 Å². The van der Waals surface area contributed by atoms with E-state index in [9.17, 15) is 10.1 Å². The number of benzene rings is 1. The number of anilines is 1. The van der Waals surface area contributed by atoms with Crippen molar-refractivity contribution in [3.05, 3.63) is 33.9 Å². The molecule has 110 valence electrons. The zero-order valence-electron chi connectivity index (χ0n) is 12.0. The van der Waals surface area contributed by atoms with E-state index in [1.807, 2.05) is 6.07 Å². The Bertz CT molecular complexity index is 492. The molecule has 1 heterocycles. The zero-order chi connectivity index (χ0) is 14.7. The summed E-state index contributed by atoms with van der Waals surface area (Å²) in [5, 5.41) is 10.9. The molecule has 2 rings (SSSR count). The minimum Gasteiger partial charge on any atom is -0.318 e. The molecular weight excluding hydrogens is 256 g/mol. The lowest BCUT2D eigenvalue weighted by molar-refractivity contribution is -0.384. The predicted molar refractivity (Wildman–Crippen MR) is 79.2 cm³/mol. The Hall–Kier alpha value is -1.66. The van der Waals surface area contributed by atoms with E-state index in [1.54, 1.807) is 6.07 Å². The minimum absolute atomic E-state index is 0.0105. The Balaban J connectivity index is 2.15. The van der Waals surface area contributed by atoms with Gasteiger partial charge in [0.2, 0.25) is 0 Å². The van der Waals surface area contributed by atoms with E-state index in [2.05, 4.69) is 24.2 Å². The quantitative estimate of drug-likeness (QED) is 0.502. The van der Waals surface area contributed by atoms with Crippen LogP contribution in [0.15, 0.2) is 18.2 Å². The first-order valence-corrected chi connectivity index (χ1v) is 6.99. The van der Waals surface area contributed by atoms with Gasteiger partial charge in [0.15, 0.2) is 0 Å². The number of nitrogens with two attached hydrogens (primary N) is 1. The van der Waals surface area contributed by atoms with E-state index in [4.69, 9.17) is 5.84 Å². The lowest BCUT2D eigenvalue weighted by Gasteiger charge is -2.36. The Morgan fingerprint density at radius 1 is 1.45 bits per heavy atom. The highest BCUT2D eigenvalue weighted by molar-refractivity contribution is 5.62. The van der Waals surface area contributed by atoms with Crippen LogP contribution in [0, 0.1) is 16.0 Å². The zero-order valence-corrected chi connectivity index (χ0v) is 12.0. The average molecular weight is 278 g/mol. The topological polar surface area (TPSA) is 84.4 Å². The van der Waals surface area contributed by atoms with Crippen molar-refractivity contribution in [2.75, 3.05) is 12.0 Å². The molecule has 1 fully saturated rings. The summed E-state index contributed by atoms with van der Waals surface area (Å²) >= 11 is 0. The first kappa shape index (κ1) is 14.7. The maximum absolute atomic E-state index is 10.9. The monoisotopic (exact) mass is 278 g/mol. The summed E-state index contributed by atoms with van der Waals surface area (Å²) in [5.41, 5.74) is 3.84. The summed E-state index contributed by atoms with van der Waals surface area (Å²) in [5.74, 6) is 6.08. The van der Waals surface area contributed by atoms with Gasteiger partial charge in [-0.15, -0.1) is 0 Å². The van der Waals surface area contributed by atoms with Gasteiger partial charge < -0.3 is 5.43 Å². The van der Waals surface area contributed by atoms with Crippen LogP contribution >= 0.6 is 0 Å². The molecule has 0 radical (unpaired) electrons. The Kier molecular flexibility index (Phi) is 4.57. The predicted octanol–water partition coefficient (Wildman–Crippen LogP) is 2.50. The van der Waals surface area contributed by atoms with Crippen LogP contribution in [0.3, 0.4) is 0 Å². The molecule has 1 saturated heterocycles. The summed E-state index contributed by atoms with van der Waals surface area (Å²) in [6, 6.07) is 5.65. The maximum Gasteiger partial charge on any atom is 0.293 e. The maximum atomic E-state index is 10.9. The van der Waals surface area contributed by atoms with Crippen molar-refractivity contribution < 1.29 is 4.92 Å². The van der Waals surface area contributed by atoms with Gasteiger partial charge in [-0.25, -0.2) is 0 Å². The van der Waals surface area contributed by atoms with E-state index in [0.717, 1.165) is 18.7 Å². The van der Waals surface area contributed by atoms with Crippen molar-refractivity contribution in [3.8, 4) is 0 Å². The van der Waals surface area contributed by atoms with Crippen LogP contribution in [0.2, 0.25) is 0 Å². The third kappa shape index (κ3) is 3.26. The molecule has 1 aliphatic rings. The van der Waals surface area contributed by atoms with Gasteiger partial charge in [0.05, 0.1) is 4.92 Å². The summed E-state index contributed by atoms with van der Waals surface area (Å²) < 4.78 is 0. The van der Waals surface area contributed by atoms with Gasteiger partial charge in [-0.05, 0) is 37.3 Å². The van der Waals surface area contributed by atoms with Crippen molar-refractivity contribution >= 4 is 11.4 Å². The number of nitrogen functional groups attached to an aromatic ring is 1. The van der Waals surface area contributed by atoms with Gasteiger partial charge in [-0.3, -0.25) is 20.9 Å². The number of likely N-dealkylation sites (tertiary alicyclic amines) is 1. The highest BCUT2D eigenvalue weighted by Gasteiger charge is 2.23. The number of hydrogen-bond acceptors (Lipinski definition) is 5. The van der Waals surface area contributed by atoms with Crippen LogP contribution in [0.25, 0.3) is 0 Å². The highest BCUT2D eigenvalue weighted by atomic mass is 16.6. The third-order valence-corrected chi connectivity index (χ3v) is 4.05. The molecule has 1 aliphatic heterocycles. The molecule has 2 atom stereocenters. The highest BCUT2D eigenvalue weighted by Crippen LogP contribution is 2.27. The van der Waals surface area contributed by atoms with Gasteiger partial charge in [-0.1, -0.05) is 13.0 Å². The summed E-state index contributed by atoms with van der Waals surface area (Å²) in [4.78, 5) is 12.9. The molecule has 1 aromatic rings. The number of nitrogens with one attached hydrogen (secondary N) is 1. The number of piperidine rings is 1. The Morgan fingerprint density at radius 3 is 2.85 bits per heavy atom. The number of hydrazine groups is 1. The summed E-state index contributed by atoms with van der Waals surface area (Å²) in [6.45, 7) is 6.38. The van der Waals surface area contributed by atoms with E-state index < -0.39 is 4.92 Å². The standard InChI is InChI=1S/C14H22N4O2/c1-10-3-4-11(2)17(8-10)9-12-5-6-14(18(19)20)13(7-12)16-15/h5-7,10-11,16H,3-4,8-9,15H2,1-2H3. The largest absolute Gasteiger partial charge is 0.318 e. The molecule has 0 spiro atoms. The normalized spacial score (nSPS) is 23.6. The lowest BCUT2D eigenvalue weighted by atomic mass is 9.94. The van der Waals surface area contributed by atoms with Gasteiger partial charge in [0.25, 0.3) is 5.69 Å². The van der Waals surface area contributed by atoms with Crippen LogP contribution in [-0.2, 0) is 6.54 Å². The van der Waals surface area contributed by atoms with Crippen LogP contribution in [-0.4, -0.2) is 22.4 Å². The molecule has 6 heteroatoms. The lowest BCUT2D eigenvalue weighted by Crippen LogP contribution is -2.40. The van der Waals surface area contributed by atoms with Crippen molar-refractivity contribution in [1.29, 1.82) is 0 Å². The van der Waals surface area contributed by atoms with Gasteiger partial charge in [0, 0.05) is 25.2 Å². The molecule has 0 bridgehead atoms. The number of nitrogens with zero attached hydrogens (tertiary/aromatic N) is 2. The Morgan fingerprint density at radius 2 is 2.20 bits per heavy atom. The van der Waals surface area contributed by atoms with Crippen LogP contribution < -0.4 is 11.3 Å². The van der Waals surface area contributed by atoms with Crippen molar-refractivity contribution in [2.24, 2.45) is 11.8 Å². The van der Waals surface area contributed by atoms with E-state index in [0.29, 0.717) is 17.6 Å². The molecule has 0 amide bonds. The second-order valence-electron chi connectivity index (χ2n) is 5.71. The second kappa shape index (κ2) is 6.19. The molecule has 0 aliphatic carbocycles. The fourth-order valence-corrected chi connectivity index (χ4v) is 2.79. The Labute approximate surface area is 119 Å². The molecule has 3 N–H and O–H groups in total. The fourth-order valence-electron chi connectivity index (χ4n) is 2.79. The van der Waals surface area contributed by atoms with E-state index >= 15 is 0 Å². The van der Waals surface area contributed by atoms with Crippen LogP contribution in [0.1, 0.15) is 32.3 Å². The van der Waals surface area contributed by atoms with E-state index in [1.165, 1.54) is 18.9 Å². The summed E-state index contributed by atoms with van der Waals surface area (Å²) in [7, 11) is 0. The molecule has 2 unspecified atom stereocenters. The fraction of sp³-hybridized carbons (Fsp3) is 0.571. The second-order valence-corrected chi connectivity index (χ2v) is 5.71. The van der Waals surface area contributed by atoms with Crippen LogP contribution in [0.5, 0.6) is 0 Å². The number of rotatable bonds is 4. The first-order chi connectivity index (χ1) is 9.51. The average Bonchev–Trinajstić information content (AvgIpc) is 2.42. The molecule has 0 aromatic heterocycles. The van der Waals surface area contributed by atoms with Gasteiger partial charge in [0.1, 0.15) is 5.69 Å². The molecule has 1 aromatic carbocycles. The third-order valence-electron chi connectivity index (χ3n) is 4.05. The van der Waals surface area contributed by atoms with Crippen LogP contribution in [0.4, 0.5) is 11.4 Å². The summed E-state index contributed by atoms with van der Waals surface area (Å²) in [6.07, 6.45) is 2.48. The van der Waals surface area contributed by atoms with Crippen molar-refractivity contribution in [1.82, 2.24) is 4.90 Å². The molecule has 6 nitrogen and oxygen atoms in total. The minimum atomic E-state index is -0.426.